The zero-order valence-corrected chi connectivity index (χ0v) is 17.0. The molecule has 0 aliphatic carbocycles. The quantitative estimate of drug-likeness (QED) is 0.626. The number of ether oxygens (including phenoxy) is 2. The number of benzene rings is 2. The fourth-order valence-electron chi connectivity index (χ4n) is 3.69. The molecule has 2 amide bonds. The molecule has 8 nitrogen and oxygen atoms in total. The van der Waals surface area contributed by atoms with Gasteiger partial charge >= 0.3 is 0 Å². The number of para-hydroxylation sites is 2. The number of fused-ring (bicyclic) bond motifs is 1. The molecule has 8 heteroatoms. The molecule has 30 heavy (non-hydrogen) atoms. The molecule has 0 bridgehead atoms. The van der Waals surface area contributed by atoms with Crippen LogP contribution in [0, 0.1) is 5.92 Å². The topological polar surface area (TPSA) is 96.5 Å². The number of aromatic nitrogens is 2. The Morgan fingerprint density at radius 1 is 1.20 bits per heavy atom. The fraction of sp³-hybridized carbons (Fsp3) is 0.318. The Kier molecular flexibility index (Phi) is 5.56. The zero-order valence-electron chi connectivity index (χ0n) is 17.0. The van der Waals surface area contributed by atoms with Gasteiger partial charge in [0.1, 0.15) is 0 Å². The van der Waals surface area contributed by atoms with Gasteiger partial charge in [0, 0.05) is 19.5 Å². The lowest BCUT2D eigenvalue weighted by Gasteiger charge is -2.17. The maximum absolute atomic E-state index is 12.6. The van der Waals surface area contributed by atoms with Gasteiger partial charge in [-0.3, -0.25) is 14.9 Å². The van der Waals surface area contributed by atoms with Gasteiger partial charge in [0.05, 0.1) is 31.2 Å². The number of carbonyl (C=O) groups is 2. The van der Waals surface area contributed by atoms with Crippen molar-refractivity contribution in [3.63, 3.8) is 0 Å². The first-order valence-corrected chi connectivity index (χ1v) is 9.81. The molecule has 0 saturated carbocycles. The number of H-pyrrole nitrogens is 1. The van der Waals surface area contributed by atoms with E-state index in [1.807, 2.05) is 42.5 Å². The molecule has 1 saturated heterocycles. The molecular weight excluding hydrogens is 384 g/mol. The largest absolute Gasteiger partial charge is 0.493 e. The van der Waals surface area contributed by atoms with E-state index in [0.717, 1.165) is 16.6 Å². The van der Waals surface area contributed by atoms with E-state index in [1.54, 1.807) is 19.1 Å². The number of likely N-dealkylation sites (tertiary alicyclic amines) is 1. The highest BCUT2D eigenvalue weighted by atomic mass is 16.5. The van der Waals surface area contributed by atoms with E-state index in [2.05, 4.69) is 15.3 Å². The third-order valence-corrected chi connectivity index (χ3v) is 5.33. The Labute approximate surface area is 174 Å². The molecule has 1 aliphatic rings. The van der Waals surface area contributed by atoms with Crippen molar-refractivity contribution in [2.75, 3.05) is 32.6 Å². The number of rotatable bonds is 7. The molecular formula is C22H24N4O4. The molecule has 1 fully saturated rings. The summed E-state index contributed by atoms with van der Waals surface area (Å²) in [5, 5.41) is 2.80. The molecule has 2 heterocycles. The summed E-state index contributed by atoms with van der Waals surface area (Å²) in [4.78, 5) is 34.2. The number of nitrogens with one attached hydrogen (secondary N) is 2. The van der Waals surface area contributed by atoms with Gasteiger partial charge in [0.2, 0.25) is 17.8 Å². The summed E-state index contributed by atoms with van der Waals surface area (Å²) in [6.07, 6.45) is 0.877. The lowest BCUT2D eigenvalue weighted by molar-refractivity contribution is -0.128. The van der Waals surface area contributed by atoms with E-state index in [1.165, 1.54) is 0 Å². The predicted molar refractivity (Wildman–Crippen MR) is 113 cm³/mol. The maximum Gasteiger partial charge on any atom is 0.232 e. The van der Waals surface area contributed by atoms with Crippen LogP contribution in [0.25, 0.3) is 11.0 Å². The van der Waals surface area contributed by atoms with Crippen LogP contribution in [0.1, 0.15) is 12.0 Å². The van der Waals surface area contributed by atoms with Gasteiger partial charge in [0.25, 0.3) is 0 Å². The van der Waals surface area contributed by atoms with E-state index in [9.17, 15) is 9.59 Å². The summed E-state index contributed by atoms with van der Waals surface area (Å²) in [6.45, 7) is 0.945. The van der Waals surface area contributed by atoms with Crippen molar-refractivity contribution in [3.8, 4) is 11.5 Å². The summed E-state index contributed by atoms with van der Waals surface area (Å²) in [7, 11) is 3.19. The molecule has 156 valence electrons. The normalized spacial score (nSPS) is 16.1. The number of hydrogen-bond acceptors (Lipinski definition) is 5. The molecule has 2 N–H and O–H groups in total. The van der Waals surface area contributed by atoms with Crippen molar-refractivity contribution >= 4 is 28.8 Å². The third kappa shape index (κ3) is 4.07. The second-order valence-electron chi connectivity index (χ2n) is 7.27. The van der Waals surface area contributed by atoms with E-state index in [4.69, 9.17) is 9.47 Å². The zero-order chi connectivity index (χ0) is 21.1. The van der Waals surface area contributed by atoms with Crippen molar-refractivity contribution in [1.82, 2.24) is 14.9 Å². The standard InChI is InChI=1S/C22H24N4O4/c1-29-18-8-7-14(11-19(18)30-2)9-10-26-13-15(12-20(26)27)21(28)25-22-23-16-5-3-4-6-17(16)24-22/h3-8,11,15H,9-10,12-13H2,1-2H3,(H2,23,24,25,28)/t15-/m0/s1. The van der Waals surface area contributed by atoms with Crippen molar-refractivity contribution in [2.24, 2.45) is 5.92 Å². The molecule has 0 unspecified atom stereocenters. The third-order valence-electron chi connectivity index (χ3n) is 5.33. The highest BCUT2D eigenvalue weighted by molar-refractivity contribution is 5.97. The van der Waals surface area contributed by atoms with Gasteiger partial charge in [-0.15, -0.1) is 0 Å². The number of anilines is 1. The molecule has 0 radical (unpaired) electrons. The number of nitrogens with zero attached hydrogens (tertiary/aromatic N) is 2. The van der Waals surface area contributed by atoms with Gasteiger partial charge in [-0.2, -0.15) is 0 Å². The van der Waals surface area contributed by atoms with Gasteiger partial charge in [-0.25, -0.2) is 4.98 Å². The lowest BCUT2D eigenvalue weighted by atomic mass is 10.1. The molecule has 0 spiro atoms. The molecule has 1 aromatic heterocycles. The summed E-state index contributed by atoms with van der Waals surface area (Å²) in [6, 6.07) is 13.3. The summed E-state index contributed by atoms with van der Waals surface area (Å²) in [5.41, 5.74) is 2.68. The van der Waals surface area contributed by atoms with E-state index in [0.29, 0.717) is 37.0 Å². The van der Waals surface area contributed by atoms with Gasteiger partial charge in [-0.1, -0.05) is 18.2 Å². The predicted octanol–water partition coefficient (Wildman–Crippen LogP) is 2.61. The van der Waals surface area contributed by atoms with E-state index in [-0.39, 0.29) is 18.2 Å². The van der Waals surface area contributed by atoms with Crippen LogP contribution in [0.15, 0.2) is 42.5 Å². The van der Waals surface area contributed by atoms with Crippen LogP contribution in [0.5, 0.6) is 11.5 Å². The first kappa shape index (κ1) is 19.8. The fourth-order valence-corrected chi connectivity index (χ4v) is 3.69. The number of amides is 2. The van der Waals surface area contributed by atoms with Crippen LogP contribution in [0.3, 0.4) is 0 Å². The molecule has 4 rings (SSSR count). The Morgan fingerprint density at radius 2 is 2.00 bits per heavy atom. The van der Waals surface area contributed by atoms with Crippen LogP contribution >= 0.6 is 0 Å². The van der Waals surface area contributed by atoms with Crippen LogP contribution in [0.4, 0.5) is 5.95 Å². The number of aromatic amines is 1. The van der Waals surface area contributed by atoms with Crippen LogP contribution in [0.2, 0.25) is 0 Å². The summed E-state index contributed by atoms with van der Waals surface area (Å²) in [5.74, 6) is 1.12. The minimum absolute atomic E-state index is 0.0137. The number of carbonyl (C=O) groups excluding carboxylic acids is 2. The van der Waals surface area contributed by atoms with Crippen LogP contribution in [-0.4, -0.2) is 54.0 Å². The molecule has 1 atom stereocenters. The maximum atomic E-state index is 12.6. The highest BCUT2D eigenvalue weighted by Crippen LogP contribution is 2.28. The minimum Gasteiger partial charge on any atom is -0.493 e. The lowest BCUT2D eigenvalue weighted by Crippen LogP contribution is -2.30. The average molecular weight is 408 g/mol. The first-order valence-electron chi connectivity index (χ1n) is 9.81. The number of hydrogen-bond donors (Lipinski definition) is 2. The molecule has 1 aliphatic heterocycles. The summed E-state index contributed by atoms with van der Waals surface area (Å²) >= 11 is 0. The van der Waals surface area contributed by atoms with Crippen LogP contribution in [-0.2, 0) is 16.0 Å². The smallest absolute Gasteiger partial charge is 0.232 e. The average Bonchev–Trinajstić information content (AvgIpc) is 3.34. The molecule has 2 aromatic carbocycles. The first-order chi connectivity index (χ1) is 14.6. The SMILES string of the molecule is COc1ccc(CCN2C[C@@H](C(=O)Nc3nc4ccccc4[nH]3)CC2=O)cc1OC. The second kappa shape index (κ2) is 8.44. The number of methoxy groups -OCH3 is 2. The van der Waals surface area contributed by atoms with Crippen molar-refractivity contribution in [2.45, 2.75) is 12.8 Å². The number of imidazole rings is 1. The molecule has 3 aromatic rings. The Bertz CT molecular complexity index is 1040. The second-order valence-corrected chi connectivity index (χ2v) is 7.27. The van der Waals surface area contributed by atoms with E-state index < -0.39 is 5.92 Å². The monoisotopic (exact) mass is 408 g/mol. The van der Waals surface area contributed by atoms with Gasteiger partial charge < -0.3 is 19.4 Å². The summed E-state index contributed by atoms with van der Waals surface area (Å²) < 4.78 is 10.6. The van der Waals surface area contributed by atoms with Crippen LogP contribution < -0.4 is 14.8 Å². The Hall–Kier alpha value is -3.55. The van der Waals surface area contributed by atoms with Crippen molar-refractivity contribution in [3.05, 3.63) is 48.0 Å². The van der Waals surface area contributed by atoms with Gasteiger partial charge in [0.15, 0.2) is 11.5 Å². The Balaban J connectivity index is 1.35. The van der Waals surface area contributed by atoms with Gasteiger partial charge in [-0.05, 0) is 36.2 Å². The van der Waals surface area contributed by atoms with Crippen molar-refractivity contribution in [1.29, 1.82) is 0 Å². The highest BCUT2D eigenvalue weighted by Gasteiger charge is 2.34. The van der Waals surface area contributed by atoms with E-state index >= 15 is 0 Å². The Morgan fingerprint density at radius 3 is 2.77 bits per heavy atom. The minimum atomic E-state index is -0.392. The van der Waals surface area contributed by atoms with Crippen molar-refractivity contribution < 1.29 is 19.1 Å².